The van der Waals surface area contributed by atoms with Gasteiger partial charge in [0.2, 0.25) is 0 Å². The van der Waals surface area contributed by atoms with Gasteiger partial charge in [-0.25, -0.2) is 4.98 Å². The summed E-state index contributed by atoms with van der Waals surface area (Å²) in [6.07, 6.45) is 0. The average molecular weight is 621 g/mol. The minimum absolute atomic E-state index is 0.0638. The molecule has 7 rings (SSSR count). The number of aliphatic hydroxyl groups is 1. The molecule has 4 aromatic carbocycles. The molecule has 5 aromatic rings. The van der Waals surface area contributed by atoms with Crippen LogP contribution in [0.4, 0.5) is 5.13 Å². The predicted molar refractivity (Wildman–Crippen MR) is 170 cm³/mol. The second kappa shape index (κ2) is 12.0. The molecular formula is C35H28N2O7S. The maximum atomic E-state index is 13.8. The molecule has 45 heavy (non-hydrogen) atoms. The zero-order valence-electron chi connectivity index (χ0n) is 24.3. The van der Waals surface area contributed by atoms with Gasteiger partial charge < -0.3 is 24.1 Å². The van der Waals surface area contributed by atoms with Crippen LogP contribution in [0.5, 0.6) is 23.0 Å². The van der Waals surface area contributed by atoms with Crippen molar-refractivity contribution in [2.24, 2.45) is 0 Å². The number of nitrogens with zero attached hydrogens (tertiary/aromatic N) is 2. The number of carbonyl (C=O) groups excluding carboxylic acids is 2. The summed E-state index contributed by atoms with van der Waals surface area (Å²) in [5.74, 6) is 0.277. The van der Waals surface area contributed by atoms with E-state index >= 15 is 0 Å². The highest BCUT2D eigenvalue weighted by atomic mass is 32.1. The van der Waals surface area contributed by atoms with Gasteiger partial charge in [-0.3, -0.25) is 14.5 Å². The minimum atomic E-state index is -0.981. The molecule has 0 unspecified atom stereocenters. The minimum Gasteiger partial charge on any atom is -0.507 e. The second-order valence-corrected chi connectivity index (χ2v) is 11.4. The third-order valence-electron chi connectivity index (χ3n) is 7.55. The number of thiazole rings is 1. The third kappa shape index (κ3) is 5.44. The summed E-state index contributed by atoms with van der Waals surface area (Å²) in [5, 5.41) is 12.0. The molecular weight excluding hydrogens is 592 g/mol. The molecule has 0 aliphatic carbocycles. The Morgan fingerprint density at radius 3 is 2.53 bits per heavy atom. The number of ketones is 1. The predicted octanol–water partition coefficient (Wildman–Crippen LogP) is 6.67. The van der Waals surface area contributed by atoms with Crippen LogP contribution in [-0.2, 0) is 16.2 Å². The van der Waals surface area contributed by atoms with Crippen LogP contribution in [0.2, 0.25) is 0 Å². The summed E-state index contributed by atoms with van der Waals surface area (Å²) in [6, 6.07) is 26.4. The van der Waals surface area contributed by atoms with Crippen LogP contribution in [-0.4, -0.2) is 41.6 Å². The Bertz CT molecular complexity index is 1950. The standard InChI is InChI=1S/C35H28N2O7S/c1-2-41-25-12-13-26-29(19-25)45-35(36-26)37-31(22-9-6-10-24(17-22)44-20-21-7-4-3-5-8-21)30(33(39)34(37)40)32(38)23-11-14-27-28(18-23)43-16-15-42-27/h3-14,17-19,31,38H,2,15-16,20H2,1H3/b32-30+/t31-/m0/s1. The number of hydrogen-bond acceptors (Lipinski definition) is 9. The fraction of sp³-hybridized carbons (Fsp3) is 0.171. The number of ether oxygens (including phenoxy) is 4. The molecule has 1 atom stereocenters. The first-order valence-electron chi connectivity index (χ1n) is 14.5. The zero-order chi connectivity index (χ0) is 30.9. The third-order valence-corrected chi connectivity index (χ3v) is 8.57. The van der Waals surface area contributed by atoms with Crippen molar-refractivity contribution in [3.8, 4) is 23.0 Å². The van der Waals surface area contributed by atoms with E-state index in [1.807, 2.05) is 61.5 Å². The Kier molecular flexibility index (Phi) is 7.56. The summed E-state index contributed by atoms with van der Waals surface area (Å²) in [4.78, 5) is 33.7. The summed E-state index contributed by atoms with van der Waals surface area (Å²) in [6.45, 7) is 3.53. The topological polar surface area (TPSA) is 107 Å². The van der Waals surface area contributed by atoms with Crippen LogP contribution in [0.25, 0.3) is 16.0 Å². The van der Waals surface area contributed by atoms with E-state index in [0.29, 0.717) is 71.2 Å². The Morgan fingerprint density at radius 2 is 1.71 bits per heavy atom. The molecule has 0 saturated carbocycles. The van der Waals surface area contributed by atoms with Gasteiger partial charge in [0.1, 0.15) is 37.1 Å². The fourth-order valence-corrected chi connectivity index (χ4v) is 6.48. The van der Waals surface area contributed by atoms with Crippen molar-refractivity contribution in [2.75, 3.05) is 24.7 Å². The summed E-state index contributed by atoms with van der Waals surface area (Å²) in [5.41, 5.74) is 2.49. The van der Waals surface area contributed by atoms with Gasteiger partial charge in [-0.2, -0.15) is 0 Å². The Hall–Kier alpha value is -5.35. The van der Waals surface area contributed by atoms with Crippen molar-refractivity contribution in [2.45, 2.75) is 19.6 Å². The number of amides is 1. The van der Waals surface area contributed by atoms with Crippen LogP contribution in [0.3, 0.4) is 0 Å². The Labute approximate surface area is 262 Å². The van der Waals surface area contributed by atoms with Crippen LogP contribution in [0, 0.1) is 0 Å². The molecule has 1 aromatic heterocycles. The molecule has 0 spiro atoms. The number of carbonyl (C=O) groups is 2. The lowest BCUT2D eigenvalue weighted by Crippen LogP contribution is -2.29. The van der Waals surface area contributed by atoms with Crippen LogP contribution in [0.15, 0.2) is 96.6 Å². The molecule has 9 nitrogen and oxygen atoms in total. The fourth-order valence-electron chi connectivity index (χ4n) is 5.46. The lowest BCUT2D eigenvalue weighted by molar-refractivity contribution is -0.132. The lowest BCUT2D eigenvalue weighted by Gasteiger charge is -2.24. The number of anilines is 1. The zero-order valence-corrected chi connectivity index (χ0v) is 25.1. The molecule has 2 aliphatic heterocycles. The molecule has 2 aliphatic rings. The summed E-state index contributed by atoms with van der Waals surface area (Å²) >= 11 is 1.27. The van der Waals surface area contributed by atoms with E-state index in [-0.39, 0.29) is 11.3 Å². The highest BCUT2D eigenvalue weighted by molar-refractivity contribution is 7.22. The largest absolute Gasteiger partial charge is 0.507 e. The van der Waals surface area contributed by atoms with E-state index in [9.17, 15) is 14.7 Å². The Balaban J connectivity index is 1.34. The monoisotopic (exact) mass is 620 g/mol. The second-order valence-electron chi connectivity index (χ2n) is 10.4. The molecule has 3 heterocycles. The average Bonchev–Trinajstić information content (AvgIpc) is 3.61. The lowest BCUT2D eigenvalue weighted by atomic mass is 9.95. The van der Waals surface area contributed by atoms with Gasteiger partial charge in [-0.05, 0) is 66.6 Å². The number of fused-ring (bicyclic) bond motifs is 2. The van der Waals surface area contributed by atoms with E-state index in [1.54, 1.807) is 36.4 Å². The van der Waals surface area contributed by atoms with E-state index in [2.05, 4.69) is 0 Å². The number of rotatable bonds is 8. The van der Waals surface area contributed by atoms with Gasteiger partial charge in [-0.1, -0.05) is 53.8 Å². The highest BCUT2D eigenvalue weighted by Gasteiger charge is 2.48. The SMILES string of the molecule is CCOc1ccc2nc(N3C(=O)C(=O)/C(=C(/O)c4ccc5c(c4)OCCO5)[C@@H]3c3cccc(OCc4ccccc4)c3)sc2c1. The number of benzene rings is 4. The maximum absolute atomic E-state index is 13.8. The maximum Gasteiger partial charge on any atom is 0.301 e. The molecule has 0 radical (unpaired) electrons. The van der Waals surface area contributed by atoms with Crippen molar-refractivity contribution in [3.63, 3.8) is 0 Å². The summed E-state index contributed by atoms with van der Waals surface area (Å²) < 4.78 is 23.9. The number of aliphatic hydroxyl groups excluding tert-OH is 1. The van der Waals surface area contributed by atoms with Crippen molar-refractivity contribution in [1.82, 2.24) is 4.98 Å². The Morgan fingerprint density at radius 1 is 0.911 bits per heavy atom. The van der Waals surface area contributed by atoms with Crippen molar-refractivity contribution >= 4 is 44.1 Å². The van der Waals surface area contributed by atoms with Gasteiger partial charge in [0.25, 0.3) is 5.78 Å². The number of hydrogen-bond donors (Lipinski definition) is 1. The van der Waals surface area contributed by atoms with Crippen LogP contribution < -0.4 is 23.8 Å². The smallest absolute Gasteiger partial charge is 0.301 e. The number of aromatic nitrogens is 1. The van der Waals surface area contributed by atoms with Gasteiger partial charge in [0, 0.05) is 5.56 Å². The van der Waals surface area contributed by atoms with Gasteiger partial charge in [-0.15, -0.1) is 0 Å². The summed E-state index contributed by atoms with van der Waals surface area (Å²) in [7, 11) is 0. The molecule has 1 amide bonds. The highest BCUT2D eigenvalue weighted by Crippen LogP contribution is 2.46. The van der Waals surface area contributed by atoms with E-state index in [1.165, 1.54) is 16.2 Å². The van der Waals surface area contributed by atoms with Crippen molar-refractivity contribution < 1.29 is 33.6 Å². The molecule has 1 saturated heterocycles. The van der Waals surface area contributed by atoms with Gasteiger partial charge in [0.15, 0.2) is 16.6 Å². The quantitative estimate of drug-likeness (QED) is 0.116. The van der Waals surface area contributed by atoms with E-state index < -0.39 is 17.7 Å². The number of Topliss-reactive ketones (excluding diaryl/α,β-unsaturated/α-hetero) is 1. The van der Waals surface area contributed by atoms with Gasteiger partial charge >= 0.3 is 5.91 Å². The van der Waals surface area contributed by atoms with Gasteiger partial charge in [0.05, 0.1) is 28.4 Å². The first kappa shape index (κ1) is 28.4. The normalized spacial score (nSPS) is 17.1. The molecule has 0 bridgehead atoms. The molecule has 10 heteroatoms. The molecule has 226 valence electrons. The molecule has 1 fully saturated rings. The van der Waals surface area contributed by atoms with Crippen molar-refractivity contribution in [3.05, 3.63) is 113 Å². The first-order chi connectivity index (χ1) is 22.0. The molecule has 1 N–H and O–H groups in total. The van der Waals surface area contributed by atoms with Crippen LogP contribution >= 0.6 is 11.3 Å². The van der Waals surface area contributed by atoms with Crippen molar-refractivity contribution in [1.29, 1.82) is 0 Å². The van der Waals surface area contributed by atoms with E-state index in [4.69, 9.17) is 23.9 Å². The van der Waals surface area contributed by atoms with Crippen LogP contribution in [0.1, 0.15) is 29.7 Å². The van der Waals surface area contributed by atoms with E-state index in [0.717, 1.165) is 10.3 Å². The first-order valence-corrected chi connectivity index (χ1v) is 15.3.